The normalized spacial score (nSPS) is 15.7. The number of rotatable bonds is 8. The zero-order chi connectivity index (χ0) is 17.9. The van der Waals surface area contributed by atoms with Crippen LogP contribution in [-0.2, 0) is 15.9 Å². The standard InChI is InChI=1S/C19H30ClN3O2.HI/c1-21-19(22-11-8-16-4-6-17(20)7-5-16)23-12-9-18(10-13-23)25-15-3-14-24-2;/h4-7,18H,3,8-15H2,1-2H3,(H,21,22);1H. The van der Waals surface area contributed by atoms with Gasteiger partial charge in [0.05, 0.1) is 6.10 Å². The number of hydrogen-bond donors (Lipinski definition) is 1. The summed E-state index contributed by atoms with van der Waals surface area (Å²) in [6.45, 7) is 4.38. The number of methoxy groups -OCH3 is 1. The number of nitrogens with one attached hydrogen (secondary N) is 1. The third-order valence-electron chi connectivity index (χ3n) is 4.41. The molecule has 2 rings (SSSR count). The second kappa shape index (κ2) is 13.6. The van der Waals surface area contributed by atoms with E-state index < -0.39 is 0 Å². The van der Waals surface area contributed by atoms with Gasteiger partial charge in [-0.25, -0.2) is 0 Å². The molecule has 7 heteroatoms. The van der Waals surface area contributed by atoms with E-state index in [-0.39, 0.29) is 24.0 Å². The lowest BCUT2D eigenvalue weighted by molar-refractivity contribution is 0.00992. The third-order valence-corrected chi connectivity index (χ3v) is 4.66. The summed E-state index contributed by atoms with van der Waals surface area (Å²) in [5.41, 5.74) is 1.27. The van der Waals surface area contributed by atoms with Crippen LogP contribution in [0.4, 0.5) is 0 Å². The van der Waals surface area contributed by atoms with Gasteiger partial charge in [-0.2, -0.15) is 0 Å². The van der Waals surface area contributed by atoms with Crippen molar-refractivity contribution in [1.29, 1.82) is 0 Å². The van der Waals surface area contributed by atoms with Gasteiger partial charge < -0.3 is 19.7 Å². The van der Waals surface area contributed by atoms with Gasteiger partial charge in [0.1, 0.15) is 0 Å². The predicted octanol–water partition coefficient (Wildman–Crippen LogP) is 3.59. The number of piperidine rings is 1. The zero-order valence-electron chi connectivity index (χ0n) is 15.7. The Morgan fingerprint density at radius 3 is 2.54 bits per heavy atom. The number of ether oxygens (including phenoxy) is 2. The Morgan fingerprint density at radius 2 is 1.92 bits per heavy atom. The van der Waals surface area contributed by atoms with E-state index in [9.17, 15) is 0 Å². The van der Waals surface area contributed by atoms with Gasteiger partial charge >= 0.3 is 0 Å². The first-order valence-electron chi connectivity index (χ1n) is 9.03. The lowest BCUT2D eigenvalue weighted by atomic mass is 10.1. The van der Waals surface area contributed by atoms with E-state index >= 15 is 0 Å². The Hall–Kier alpha value is -0.570. The molecule has 0 saturated carbocycles. The molecule has 0 atom stereocenters. The van der Waals surface area contributed by atoms with Crippen molar-refractivity contribution in [2.24, 2.45) is 4.99 Å². The number of benzene rings is 1. The molecule has 0 aliphatic carbocycles. The molecule has 148 valence electrons. The van der Waals surface area contributed by atoms with Crippen LogP contribution >= 0.6 is 35.6 Å². The van der Waals surface area contributed by atoms with Crippen LogP contribution in [0.5, 0.6) is 0 Å². The van der Waals surface area contributed by atoms with Crippen molar-refractivity contribution < 1.29 is 9.47 Å². The highest BCUT2D eigenvalue weighted by Crippen LogP contribution is 2.14. The predicted molar refractivity (Wildman–Crippen MR) is 119 cm³/mol. The highest BCUT2D eigenvalue weighted by Gasteiger charge is 2.21. The van der Waals surface area contributed by atoms with E-state index in [0.717, 1.165) is 69.5 Å². The number of likely N-dealkylation sites (tertiary alicyclic amines) is 1. The minimum atomic E-state index is 0. The molecule has 1 heterocycles. The van der Waals surface area contributed by atoms with E-state index in [1.807, 2.05) is 19.2 Å². The van der Waals surface area contributed by atoms with Crippen LogP contribution in [0.25, 0.3) is 0 Å². The first kappa shape index (κ1) is 23.5. The van der Waals surface area contributed by atoms with Crippen LogP contribution in [-0.4, -0.2) is 64.0 Å². The summed E-state index contributed by atoms with van der Waals surface area (Å²) in [7, 11) is 3.57. The van der Waals surface area contributed by atoms with Gasteiger partial charge in [0, 0.05) is 52.0 Å². The molecule has 0 unspecified atom stereocenters. The number of guanidine groups is 1. The average molecular weight is 496 g/mol. The van der Waals surface area contributed by atoms with Crippen molar-refractivity contribution >= 4 is 41.5 Å². The number of halogens is 2. The maximum atomic E-state index is 5.92. The molecule has 0 aromatic heterocycles. The molecule has 1 aliphatic rings. The van der Waals surface area contributed by atoms with Gasteiger partial charge in [-0.3, -0.25) is 4.99 Å². The van der Waals surface area contributed by atoms with Gasteiger partial charge in [0.15, 0.2) is 5.96 Å². The molecule has 0 spiro atoms. The molecule has 1 aromatic rings. The summed E-state index contributed by atoms with van der Waals surface area (Å²) in [5.74, 6) is 0.979. The molecule has 5 nitrogen and oxygen atoms in total. The molecule has 1 N–H and O–H groups in total. The van der Waals surface area contributed by atoms with Gasteiger partial charge in [-0.15, -0.1) is 24.0 Å². The summed E-state index contributed by atoms with van der Waals surface area (Å²) in [5, 5.41) is 4.24. The zero-order valence-corrected chi connectivity index (χ0v) is 18.8. The van der Waals surface area contributed by atoms with Crippen LogP contribution in [0, 0.1) is 0 Å². The van der Waals surface area contributed by atoms with Crippen LogP contribution in [0.15, 0.2) is 29.3 Å². The highest BCUT2D eigenvalue weighted by atomic mass is 127. The third kappa shape index (κ3) is 8.41. The first-order valence-corrected chi connectivity index (χ1v) is 9.41. The molecule has 0 bridgehead atoms. The number of nitrogens with zero attached hydrogens (tertiary/aromatic N) is 2. The molecule has 0 amide bonds. The molecule has 1 aromatic carbocycles. The fraction of sp³-hybridized carbons (Fsp3) is 0.632. The molecular weight excluding hydrogens is 465 g/mol. The van der Waals surface area contributed by atoms with Crippen molar-refractivity contribution in [3.05, 3.63) is 34.9 Å². The Balaban J connectivity index is 0.00000338. The maximum absolute atomic E-state index is 5.92. The lowest BCUT2D eigenvalue weighted by Crippen LogP contribution is -2.47. The van der Waals surface area contributed by atoms with Crippen molar-refractivity contribution in [3.8, 4) is 0 Å². The monoisotopic (exact) mass is 495 g/mol. The molecule has 1 fully saturated rings. The van der Waals surface area contributed by atoms with Gasteiger partial charge in [0.2, 0.25) is 0 Å². The largest absolute Gasteiger partial charge is 0.385 e. The van der Waals surface area contributed by atoms with Crippen LogP contribution in [0.3, 0.4) is 0 Å². The van der Waals surface area contributed by atoms with Crippen molar-refractivity contribution in [2.45, 2.75) is 31.8 Å². The van der Waals surface area contributed by atoms with Gasteiger partial charge in [-0.05, 0) is 43.4 Å². The fourth-order valence-corrected chi connectivity index (χ4v) is 3.12. The Bertz CT molecular complexity index is 520. The van der Waals surface area contributed by atoms with Crippen molar-refractivity contribution in [1.82, 2.24) is 10.2 Å². The minimum absolute atomic E-state index is 0. The average Bonchev–Trinajstić information content (AvgIpc) is 2.65. The molecule has 1 saturated heterocycles. The summed E-state index contributed by atoms with van der Waals surface area (Å²) in [4.78, 5) is 6.74. The molecule has 0 radical (unpaired) electrons. The number of aliphatic imine (C=N–C) groups is 1. The van der Waals surface area contributed by atoms with E-state index in [2.05, 4.69) is 27.3 Å². The summed E-state index contributed by atoms with van der Waals surface area (Å²) >= 11 is 5.92. The van der Waals surface area contributed by atoms with E-state index in [1.165, 1.54) is 5.56 Å². The van der Waals surface area contributed by atoms with E-state index in [1.54, 1.807) is 7.11 Å². The topological polar surface area (TPSA) is 46.1 Å². The summed E-state index contributed by atoms with van der Waals surface area (Å²) in [6.07, 6.45) is 4.37. The van der Waals surface area contributed by atoms with E-state index in [4.69, 9.17) is 21.1 Å². The van der Waals surface area contributed by atoms with Gasteiger partial charge in [0.25, 0.3) is 0 Å². The maximum Gasteiger partial charge on any atom is 0.193 e. The number of hydrogen-bond acceptors (Lipinski definition) is 3. The quantitative estimate of drug-likeness (QED) is 0.259. The van der Waals surface area contributed by atoms with Crippen LogP contribution in [0.2, 0.25) is 5.02 Å². The molecule has 1 aliphatic heterocycles. The summed E-state index contributed by atoms with van der Waals surface area (Å²) < 4.78 is 11.0. The van der Waals surface area contributed by atoms with Crippen molar-refractivity contribution in [3.63, 3.8) is 0 Å². The van der Waals surface area contributed by atoms with Crippen molar-refractivity contribution in [2.75, 3.05) is 47.0 Å². The Kier molecular flexibility index (Phi) is 12.3. The minimum Gasteiger partial charge on any atom is -0.385 e. The second-order valence-electron chi connectivity index (χ2n) is 6.25. The van der Waals surface area contributed by atoms with Crippen LogP contribution < -0.4 is 5.32 Å². The lowest BCUT2D eigenvalue weighted by Gasteiger charge is -2.34. The summed E-state index contributed by atoms with van der Waals surface area (Å²) in [6, 6.07) is 8.00. The Labute approximate surface area is 179 Å². The van der Waals surface area contributed by atoms with E-state index in [0.29, 0.717) is 6.10 Å². The van der Waals surface area contributed by atoms with Crippen LogP contribution in [0.1, 0.15) is 24.8 Å². The second-order valence-corrected chi connectivity index (χ2v) is 6.69. The smallest absolute Gasteiger partial charge is 0.193 e. The molecular formula is C19H31ClIN3O2. The Morgan fingerprint density at radius 1 is 1.23 bits per heavy atom. The molecule has 26 heavy (non-hydrogen) atoms. The highest BCUT2D eigenvalue weighted by molar-refractivity contribution is 14.0. The fourth-order valence-electron chi connectivity index (χ4n) is 2.99. The first-order chi connectivity index (χ1) is 12.2. The van der Waals surface area contributed by atoms with Gasteiger partial charge in [-0.1, -0.05) is 23.7 Å². The SMILES string of the molecule is CN=C(NCCc1ccc(Cl)cc1)N1CCC(OCCCOC)CC1.I.